The lowest BCUT2D eigenvalue weighted by Crippen LogP contribution is -2.33. The Balaban J connectivity index is 1.63. The number of hydrogen-bond donors (Lipinski definition) is 0. The van der Waals surface area contributed by atoms with E-state index in [2.05, 4.69) is 4.74 Å². The lowest BCUT2D eigenvalue weighted by Gasteiger charge is -2.13. The molecule has 0 N–H and O–H groups in total. The van der Waals surface area contributed by atoms with E-state index < -0.39 is 59.0 Å². The maximum Gasteiger partial charge on any atom is 0.313 e. The van der Waals surface area contributed by atoms with Crippen LogP contribution in [0.4, 0.5) is 22.0 Å². The zero-order valence-electron chi connectivity index (χ0n) is 14.7. The molecule has 12 heteroatoms. The van der Waals surface area contributed by atoms with Crippen molar-refractivity contribution < 1.29 is 50.5 Å². The van der Waals surface area contributed by atoms with Crippen molar-refractivity contribution in [2.75, 3.05) is 33.0 Å². The summed E-state index contributed by atoms with van der Waals surface area (Å²) >= 11 is 0. The Morgan fingerprint density at radius 1 is 0.759 bits per heavy atom. The number of imide groups is 1. The number of carbonyl (C=O) groups is 3. The van der Waals surface area contributed by atoms with E-state index in [9.17, 15) is 36.3 Å². The second-order valence-electron chi connectivity index (χ2n) is 5.51. The van der Waals surface area contributed by atoms with Crippen molar-refractivity contribution in [2.24, 2.45) is 0 Å². The van der Waals surface area contributed by atoms with E-state index in [0.717, 1.165) is 17.1 Å². The minimum atomic E-state index is -2.36. The summed E-state index contributed by atoms with van der Waals surface area (Å²) in [5.74, 6) is -15.2. The Kier molecular flexibility index (Phi) is 7.79. The molecule has 0 unspecified atom stereocenters. The van der Waals surface area contributed by atoms with E-state index in [1.807, 2.05) is 0 Å². The van der Waals surface area contributed by atoms with Crippen LogP contribution < -0.4 is 4.74 Å². The number of ether oxygens (including phenoxy) is 3. The summed E-state index contributed by atoms with van der Waals surface area (Å²) in [5.41, 5.74) is 0. The third kappa shape index (κ3) is 5.57. The number of esters is 1. The van der Waals surface area contributed by atoms with Crippen LogP contribution in [0.1, 0.15) is 6.42 Å². The number of hydrogen-bond acceptors (Lipinski definition) is 6. The zero-order valence-corrected chi connectivity index (χ0v) is 14.7. The van der Waals surface area contributed by atoms with E-state index in [1.54, 1.807) is 0 Å². The van der Waals surface area contributed by atoms with Gasteiger partial charge < -0.3 is 14.2 Å². The average molecular weight is 423 g/mol. The molecule has 1 aliphatic rings. The molecular formula is C17H14F5NO6. The molecule has 0 radical (unpaired) electrons. The highest BCUT2D eigenvalue weighted by Crippen LogP contribution is 2.29. The average Bonchev–Trinajstić information content (AvgIpc) is 3.02. The van der Waals surface area contributed by atoms with E-state index >= 15 is 0 Å². The number of nitrogens with zero attached hydrogens (tertiary/aromatic N) is 1. The van der Waals surface area contributed by atoms with Gasteiger partial charge in [0.2, 0.25) is 34.8 Å². The maximum absolute atomic E-state index is 13.4. The predicted octanol–water partition coefficient (Wildman–Crippen LogP) is 1.64. The first-order valence-corrected chi connectivity index (χ1v) is 8.15. The standard InChI is InChI=1S/C17H14F5NO6/c18-12-13(19)15(21)17(16(22)14(12)20)29-11(26)3-5-27-7-8-28-6-4-23-9(24)1-2-10(23)25/h1-2H,3-8H2. The van der Waals surface area contributed by atoms with Crippen LogP contribution in [0, 0.1) is 29.1 Å². The normalized spacial score (nSPS) is 13.5. The van der Waals surface area contributed by atoms with Crippen LogP contribution in [0.5, 0.6) is 5.75 Å². The van der Waals surface area contributed by atoms with Gasteiger partial charge in [0.25, 0.3) is 11.8 Å². The fourth-order valence-corrected chi connectivity index (χ4v) is 2.12. The van der Waals surface area contributed by atoms with Gasteiger partial charge in [0.15, 0.2) is 0 Å². The monoisotopic (exact) mass is 423 g/mol. The Hall–Kier alpha value is -2.86. The summed E-state index contributed by atoms with van der Waals surface area (Å²) in [6, 6.07) is 0. The summed E-state index contributed by atoms with van der Waals surface area (Å²) in [4.78, 5) is 35.0. The molecule has 2 rings (SSSR count). The first-order valence-electron chi connectivity index (χ1n) is 8.15. The molecule has 0 spiro atoms. The first kappa shape index (κ1) is 22.4. The van der Waals surface area contributed by atoms with Crippen LogP contribution in [0.25, 0.3) is 0 Å². The minimum absolute atomic E-state index is 0.00402. The Labute approximate surface area is 160 Å². The molecule has 7 nitrogen and oxygen atoms in total. The van der Waals surface area contributed by atoms with Crippen LogP contribution >= 0.6 is 0 Å². The van der Waals surface area contributed by atoms with Gasteiger partial charge in [0, 0.05) is 12.2 Å². The smallest absolute Gasteiger partial charge is 0.313 e. The first-order chi connectivity index (χ1) is 13.7. The number of halogens is 5. The molecule has 0 atom stereocenters. The molecule has 29 heavy (non-hydrogen) atoms. The van der Waals surface area contributed by atoms with Gasteiger partial charge in [0.1, 0.15) is 0 Å². The van der Waals surface area contributed by atoms with Crippen molar-refractivity contribution in [3.8, 4) is 5.75 Å². The Morgan fingerprint density at radius 3 is 1.79 bits per heavy atom. The predicted molar refractivity (Wildman–Crippen MR) is 84.0 cm³/mol. The molecule has 1 heterocycles. The van der Waals surface area contributed by atoms with Gasteiger partial charge in [-0.15, -0.1) is 0 Å². The van der Waals surface area contributed by atoms with Crippen LogP contribution in [-0.4, -0.2) is 55.7 Å². The fourth-order valence-electron chi connectivity index (χ4n) is 2.12. The van der Waals surface area contributed by atoms with Crippen molar-refractivity contribution in [1.82, 2.24) is 4.90 Å². The van der Waals surface area contributed by atoms with Crippen LogP contribution in [0.15, 0.2) is 12.2 Å². The second-order valence-corrected chi connectivity index (χ2v) is 5.51. The minimum Gasteiger partial charge on any atom is -0.420 e. The molecule has 0 bridgehead atoms. The van der Waals surface area contributed by atoms with Gasteiger partial charge in [-0.1, -0.05) is 0 Å². The van der Waals surface area contributed by atoms with Crippen molar-refractivity contribution in [3.05, 3.63) is 41.2 Å². The summed E-state index contributed by atoms with van der Waals surface area (Å²) in [5, 5.41) is 0. The van der Waals surface area contributed by atoms with Gasteiger partial charge >= 0.3 is 5.97 Å². The van der Waals surface area contributed by atoms with Gasteiger partial charge in [0.05, 0.1) is 39.4 Å². The van der Waals surface area contributed by atoms with E-state index in [4.69, 9.17) is 9.47 Å². The van der Waals surface area contributed by atoms with Crippen molar-refractivity contribution in [2.45, 2.75) is 6.42 Å². The summed E-state index contributed by atoms with van der Waals surface area (Å²) in [6.07, 6.45) is 1.75. The van der Waals surface area contributed by atoms with Gasteiger partial charge in [-0.2, -0.15) is 8.78 Å². The third-order valence-corrected chi connectivity index (χ3v) is 3.57. The summed E-state index contributed by atoms with van der Waals surface area (Å²) in [7, 11) is 0. The molecule has 0 fully saturated rings. The quantitative estimate of drug-likeness (QED) is 0.108. The number of rotatable bonds is 10. The van der Waals surface area contributed by atoms with Gasteiger partial charge in [-0.25, -0.2) is 13.2 Å². The summed E-state index contributed by atoms with van der Waals surface area (Å²) in [6.45, 7) is -0.111. The summed E-state index contributed by atoms with van der Waals surface area (Å²) < 4.78 is 80.0. The molecular weight excluding hydrogens is 409 g/mol. The van der Waals surface area contributed by atoms with Crippen molar-refractivity contribution in [1.29, 1.82) is 0 Å². The highest BCUT2D eigenvalue weighted by atomic mass is 19.2. The van der Waals surface area contributed by atoms with Crippen molar-refractivity contribution in [3.63, 3.8) is 0 Å². The number of carbonyl (C=O) groups excluding carboxylic acids is 3. The lowest BCUT2D eigenvalue weighted by atomic mass is 10.2. The fraction of sp³-hybridized carbons (Fsp3) is 0.353. The molecule has 0 aromatic heterocycles. The molecule has 1 aromatic rings. The van der Waals surface area contributed by atoms with E-state index in [-0.39, 0.29) is 33.0 Å². The Morgan fingerprint density at radius 2 is 1.24 bits per heavy atom. The van der Waals surface area contributed by atoms with Gasteiger partial charge in [-0.05, 0) is 0 Å². The molecule has 2 amide bonds. The highest BCUT2D eigenvalue weighted by Gasteiger charge is 2.28. The molecule has 0 saturated heterocycles. The molecule has 0 saturated carbocycles. The SMILES string of the molecule is O=C(CCOCCOCCN1C(=O)C=CC1=O)Oc1c(F)c(F)c(F)c(F)c1F. The van der Waals surface area contributed by atoms with Crippen LogP contribution in [-0.2, 0) is 23.9 Å². The molecule has 158 valence electrons. The molecule has 1 aromatic carbocycles. The topological polar surface area (TPSA) is 82.1 Å². The van der Waals surface area contributed by atoms with E-state index in [1.165, 1.54) is 0 Å². The lowest BCUT2D eigenvalue weighted by molar-refractivity contribution is -0.138. The highest BCUT2D eigenvalue weighted by molar-refractivity contribution is 6.12. The Bertz CT molecular complexity index is 797. The van der Waals surface area contributed by atoms with Gasteiger partial charge in [-0.3, -0.25) is 19.3 Å². The third-order valence-electron chi connectivity index (χ3n) is 3.57. The largest absolute Gasteiger partial charge is 0.420 e. The van der Waals surface area contributed by atoms with E-state index in [0.29, 0.717) is 0 Å². The zero-order chi connectivity index (χ0) is 21.6. The molecule has 1 aliphatic heterocycles. The van der Waals surface area contributed by atoms with Crippen LogP contribution in [0.3, 0.4) is 0 Å². The molecule has 0 aliphatic carbocycles. The van der Waals surface area contributed by atoms with Crippen LogP contribution in [0.2, 0.25) is 0 Å². The number of amides is 2. The van der Waals surface area contributed by atoms with Crippen molar-refractivity contribution >= 4 is 17.8 Å². The second kappa shape index (κ2) is 10.1. The maximum atomic E-state index is 13.4. The number of benzene rings is 1.